The van der Waals surface area contributed by atoms with Crippen molar-refractivity contribution < 1.29 is 27.9 Å². The quantitative estimate of drug-likeness (QED) is 0.296. The summed E-state index contributed by atoms with van der Waals surface area (Å²) in [7, 11) is -4.07. The van der Waals surface area contributed by atoms with E-state index in [4.69, 9.17) is 13.8 Å². The van der Waals surface area contributed by atoms with E-state index in [9.17, 15) is 14.2 Å². The number of hydrogen-bond donors (Lipinski definition) is 1. The second-order valence-corrected chi connectivity index (χ2v) is 8.30. The van der Waals surface area contributed by atoms with Gasteiger partial charge in [-0.05, 0) is 50.6 Å². The van der Waals surface area contributed by atoms with E-state index in [1.54, 1.807) is 74.5 Å². The van der Waals surface area contributed by atoms with Gasteiger partial charge in [0, 0.05) is 6.42 Å². The van der Waals surface area contributed by atoms with Crippen LogP contribution in [-0.4, -0.2) is 23.9 Å². The minimum Gasteiger partial charge on any atom is -0.462 e. The van der Waals surface area contributed by atoms with E-state index >= 15 is 0 Å². The molecule has 0 aliphatic carbocycles. The van der Waals surface area contributed by atoms with Gasteiger partial charge < -0.3 is 13.8 Å². The summed E-state index contributed by atoms with van der Waals surface area (Å²) in [4.78, 5) is 24.3. The molecule has 0 aliphatic rings. The van der Waals surface area contributed by atoms with Gasteiger partial charge in [-0.1, -0.05) is 43.0 Å². The van der Waals surface area contributed by atoms with Gasteiger partial charge >= 0.3 is 13.7 Å². The lowest BCUT2D eigenvalue weighted by Crippen LogP contribution is -2.39. The number of para-hydroxylation sites is 2. The first-order valence-corrected chi connectivity index (χ1v) is 11.1. The molecule has 0 heterocycles. The van der Waals surface area contributed by atoms with Gasteiger partial charge in [0.15, 0.2) is 5.78 Å². The Morgan fingerprint density at radius 2 is 1.50 bits per heavy atom. The van der Waals surface area contributed by atoms with Crippen LogP contribution in [0, 0.1) is 0 Å². The maximum Gasteiger partial charge on any atom is 0.513 e. The average Bonchev–Trinajstić information content (AvgIpc) is 2.71. The Kier molecular flexibility index (Phi) is 8.84. The SMILES string of the molecule is C=CC(=O)CCC(NP(=O)(Oc1ccccc1)Oc1ccccc1)C(=O)OC(C)C. The monoisotopic (exact) mass is 431 g/mol. The molecule has 0 saturated carbocycles. The molecule has 0 aliphatic heterocycles. The number of ketones is 1. The van der Waals surface area contributed by atoms with E-state index in [1.807, 2.05) is 0 Å². The second kappa shape index (κ2) is 11.3. The first-order valence-electron chi connectivity index (χ1n) is 9.54. The van der Waals surface area contributed by atoms with Crippen molar-refractivity contribution in [1.82, 2.24) is 5.09 Å². The maximum absolute atomic E-state index is 13.6. The third-order valence-corrected chi connectivity index (χ3v) is 5.33. The van der Waals surface area contributed by atoms with Gasteiger partial charge in [-0.25, -0.2) is 4.57 Å². The van der Waals surface area contributed by atoms with Gasteiger partial charge in [-0.15, -0.1) is 0 Å². The second-order valence-electron chi connectivity index (χ2n) is 6.68. The Morgan fingerprint density at radius 3 is 1.93 bits per heavy atom. The van der Waals surface area contributed by atoms with Crippen LogP contribution >= 0.6 is 7.75 Å². The van der Waals surface area contributed by atoms with E-state index in [0.717, 1.165) is 0 Å². The summed E-state index contributed by atoms with van der Waals surface area (Å²) in [6.07, 6.45) is 0.842. The van der Waals surface area contributed by atoms with Crippen molar-refractivity contribution in [2.75, 3.05) is 0 Å². The molecule has 2 aromatic rings. The van der Waals surface area contributed by atoms with E-state index in [1.165, 1.54) is 6.08 Å². The van der Waals surface area contributed by atoms with Crippen molar-refractivity contribution in [2.24, 2.45) is 0 Å². The summed E-state index contributed by atoms with van der Waals surface area (Å²) < 4.78 is 30.1. The fraction of sp³-hybridized carbons (Fsp3) is 0.273. The third kappa shape index (κ3) is 7.85. The Bertz CT molecular complexity index is 840. The first kappa shape index (κ1) is 23.4. The summed E-state index contributed by atoms with van der Waals surface area (Å²) in [5, 5.41) is 2.66. The fourth-order valence-electron chi connectivity index (χ4n) is 2.44. The molecule has 0 fully saturated rings. The Hall–Kier alpha value is -2.89. The van der Waals surface area contributed by atoms with Crippen molar-refractivity contribution in [3.05, 3.63) is 73.3 Å². The van der Waals surface area contributed by atoms with Crippen molar-refractivity contribution in [2.45, 2.75) is 38.8 Å². The van der Waals surface area contributed by atoms with Crippen LogP contribution in [0.1, 0.15) is 26.7 Å². The Morgan fingerprint density at radius 1 is 1.00 bits per heavy atom. The predicted octanol–water partition coefficient (Wildman–Crippen LogP) is 4.70. The highest BCUT2D eigenvalue weighted by atomic mass is 31.2. The van der Waals surface area contributed by atoms with Crippen LogP contribution in [0.15, 0.2) is 73.3 Å². The predicted molar refractivity (Wildman–Crippen MR) is 114 cm³/mol. The molecule has 2 rings (SSSR count). The minimum absolute atomic E-state index is 0.0189. The van der Waals surface area contributed by atoms with Gasteiger partial charge in [-0.2, -0.15) is 5.09 Å². The lowest BCUT2D eigenvalue weighted by Gasteiger charge is -2.25. The van der Waals surface area contributed by atoms with E-state index < -0.39 is 19.8 Å². The molecule has 7 nitrogen and oxygen atoms in total. The molecular formula is C22H26NO6P. The first-order chi connectivity index (χ1) is 14.3. The van der Waals surface area contributed by atoms with Crippen LogP contribution < -0.4 is 14.1 Å². The zero-order valence-electron chi connectivity index (χ0n) is 17.0. The topological polar surface area (TPSA) is 90.9 Å². The third-order valence-electron chi connectivity index (χ3n) is 3.79. The summed E-state index contributed by atoms with van der Waals surface area (Å²) >= 11 is 0. The molecule has 0 saturated heterocycles. The Labute approximate surface area is 176 Å². The molecule has 0 aromatic heterocycles. The lowest BCUT2D eigenvalue weighted by atomic mass is 10.1. The van der Waals surface area contributed by atoms with Crippen LogP contribution in [0.3, 0.4) is 0 Å². The molecule has 8 heteroatoms. The number of benzene rings is 2. The summed E-state index contributed by atoms with van der Waals surface area (Å²) in [6, 6.07) is 15.8. The highest BCUT2D eigenvalue weighted by Crippen LogP contribution is 2.45. The normalized spacial score (nSPS) is 12.1. The molecule has 0 amide bonds. The zero-order chi connectivity index (χ0) is 22.0. The number of esters is 1. The fourth-order valence-corrected chi connectivity index (χ4v) is 4.00. The molecule has 2 aromatic carbocycles. The number of allylic oxidation sites excluding steroid dienone is 1. The summed E-state index contributed by atoms with van der Waals surface area (Å²) in [5.41, 5.74) is 0. The number of ether oxygens (including phenoxy) is 1. The van der Waals surface area contributed by atoms with Crippen LogP contribution in [0.5, 0.6) is 11.5 Å². The van der Waals surface area contributed by atoms with E-state index in [-0.39, 0.29) is 24.7 Å². The molecular weight excluding hydrogens is 405 g/mol. The minimum atomic E-state index is -4.07. The van der Waals surface area contributed by atoms with Gasteiger partial charge in [0.2, 0.25) is 0 Å². The molecule has 1 N–H and O–H groups in total. The lowest BCUT2D eigenvalue weighted by molar-refractivity contribution is -0.149. The van der Waals surface area contributed by atoms with Crippen molar-refractivity contribution >= 4 is 19.5 Å². The standard InChI is InChI=1S/C22H26NO6P/c1-4-18(24)15-16-21(22(25)27-17(2)3)23-30(26,28-19-11-7-5-8-12-19)29-20-13-9-6-10-14-20/h4-14,17,21H,1,15-16H2,2-3H3,(H,23,26). The molecule has 1 unspecified atom stereocenters. The largest absolute Gasteiger partial charge is 0.513 e. The summed E-state index contributed by atoms with van der Waals surface area (Å²) in [5.74, 6) is -0.317. The molecule has 0 spiro atoms. The molecule has 30 heavy (non-hydrogen) atoms. The van der Waals surface area contributed by atoms with Crippen LogP contribution in [0.4, 0.5) is 0 Å². The molecule has 0 bridgehead atoms. The van der Waals surface area contributed by atoms with Crippen molar-refractivity contribution in [1.29, 1.82) is 0 Å². The highest BCUT2D eigenvalue weighted by Gasteiger charge is 2.36. The number of carbonyl (C=O) groups is 2. The van der Waals surface area contributed by atoms with Crippen LogP contribution in [0.2, 0.25) is 0 Å². The van der Waals surface area contributed by atoms with E-state index in [2.05, 4.69) is 11.7 Å². The van der Waals surface area contributed by atoms with Crippen LogP contribution in [0.25, 0.3) is 0 Å². The maximum atomic E-state index is 13.6. The number of carbonyl (C=O) groups excluding carboxylic acids is 2. The van der Waals surface area contributed by atoms with Gasteiger partial charge in [0.1, 0.15) is 17.5 Å². The highest BCUT2D eigenvalue weighted by molar-refractivity contribution is 7.52. The van der Waals surface area contributed by atoms with Crippen molar-refractivity contribution in [3.8, 4) is 11.5 Å². The van der Waals surface area contributed by atoms with Gasteiger partial charge in [0.25, 0.3) is 0 Å². The Balaban J connectivity index is 2.29. The summed E-state index contributed by atoms with van der Waals surface area (Å²) in [6.45, 7) is 6.83. The number of hydrogen-bond acceptors (Lipinski definition) is 6. The number of rotatable bonds is 12. The number of nitrogens with one attached hydrogen (secondary N) is 1. The van der Waals surface area contributed by atoms with Gasteiger partial charge in [0.05, 0.1) is 6.10 Å². The zero-order valence-corrected chi connectivity index (χ0v) is 17.9. The van der Waals surface area contributed by atoms with Crippen LogP contribution in [-0.2, 0) is 18.9 Å². The molecule has 160 valence electrons. The molecule has 0 radical (unpaired) electrons. The van der Waals surface area contributed by atoms with E-state index in [0.29, 0.717) is 11.5 Å². The molecule has 1 atom stereocenters. The van der Waals surface area contributed by atoms with Gasteiger partial charge in [-0.3, -0.25) is 9.59 Å². The average molecular weight is 431 g/mol. The smallest absolute Gasteiger partial charge is 0.462 e. The van der Waals surface area contributed by atoms with Crippen molar-refractivity contribution in [3.63, 3.8) is 0 Å².